The molecule has 1 saturated heterocycles. The zero-order valence-corrected chi connectivity index (χ0v) is 14.8. The lowest BCUT2D eigenvalue weighted by molar-refractivity contribution is 0.136. The third-order valence-corrected chi connectivity index (χ3v) is 4.82. The highest BCUT2D eigenvalue weighted by molar-refractivity contribution is 7.80. The van der Waals surface area contributed by atoms with Gasteiger partial charge in [0.25, 0.3) is 0 Å². The van der Waals surface area contributed by atoms with Gasteiger partial charge in [0.1, 0.15) is 5.75 Å². The van der Waals surface area contributed by atoms with Crippen molar-refractivity contribution < 1.29 is 4.74 Å². The zero-order chi connectivity index (χ0) is 16.1. The fourth-order valence-electron chi connectivity index (χ4n) is 2.80. The molecule has 1 aromatic carbocycles. The Morgan fingerprint density at radius 3 is 2.64 bits per heavy atom. The molecule has 1 N–H and O–H groups in total. The second kappa shape index (κ2) is 7.79. The molecule has 1 aliphatic rings. The van der Waals surface area contributed by atoms with E-state index in [1.54, 1.807) is 7.11 Å². The highest BCUT2D eigenvalue weighted by Crippen LogP contribution is 2.20. The van der Waals surface area contributed by atoms with Crippen LogP contribution in [0, 0.1) is 0 Å². The number of hydrogen-bond donors (Lipinski definition) is 1. The van der Waals surface area contributed by atoms with Crippen LogP contribution in [0.4, 0.5) is 5.69 Å². The van der Waals surface area contributed by atoms with Gasteiger partial charge in [-0.05, 0) is 58.1 Å². The number of likely N-dealkylation sites (tertiary alicyclic amines) is 1. The van der Waals surface area contributed by atoms with Gasteiger partial charge in [0.15, 0.2) is 5.11 Å². The number of nitrogens with one attached hydrogen (secondary N) is 1. The summed E-state index contributed by atoms with van der Waals surface area (Å²) in [5.74, 6) is 0.838. The van der Waals surface area contributed by atoms with E-state index < -0.39 is 0 Å². The predicted octanol–water partition coefficient (Wildman–Crippen LogP) is 3.20. The van der Waals surface area contributed by atoms with E-state index in [9.17, 15) is 0 Å². The first-order valence-electron chi connectivity index (χ1n) is 7.93. The van der Waals surface area contributed by atoms with Crippen molar-refractivity contribution in [1.82, 2.24) is 9.80 Å². The van der Waals surface area contributed by atoms with Gasteiger partial charge in [-0.1, -0.05) is 6.07 Å². The molecule has 22 heavy (non-hydrogen) atoms. The standard InChI is InChI=1S/C17H27N3OS/c1-13(2)19(3)15-8-10-20(11-9-15)17(22)18-14-6-5-7-16(12-14)21-4/h5-7,12-13,15H,8-11H2,1-4H3,(H,18,22). The van der Waals surface area contributed by atoms with Crippen molar-refractivity contribution in [2.24, 2.45) is 0 Å². The normalized spacial score (nSPS) is 16.2. The minimum Gasteiger partial charge on any atom is -0.497 e. The van der Waals surface area contributed by atoms with Gasteiger partial charge >= 0.3 is 0 Å². The highest BCUT2D eigenvalue weighted by atomic mass is 32.1. The fourth-order valence-corrected chi connectivity index (χ4v) is 3.10. The summed E-state index contributed by atoms with van der Waals surface area (Å²) in [5.41, 5.74) is 0.978. The Kier molecular flexibility index (Phi) is 6.03. The molecule has 0 bridgehead atoms. The fraction of sp³-hybridized carbons (Fsp3) is 0.588. The number of piperidine rings is 1. The molecule has 1 heterocycles. The van der Waals surface area contributed by atoms with Gasteiger partial charge in [0, 0.05) is 36.9 Å². The molecule has 0 spiro atoms. The summed E-state index contributed by atoms with van der Waals surface area (Å²) in [5, 5.41) is 4.12. The molecule has 122 valence electrons. The molecule has 0 amide bonds. The van der Waals surface area contributed by atoms with E-state index in [-0.39, 0.29) is 0 Å². The van der Waals surface area contributed by atoms with E-state index in [4.69, 9.17) is 17.0 Å². The largest absolute Gasteiger partial charge is 0.497 e. The number of thiocarbonyl (C=S) groups is 1. The number of nitrogens with zero attached hydrogens (tertiary/aromatic N) is 2. The van der Waals surface area contributed by atoms with Crippen molar-refractivity contribution in [1.29, 1.82) is 0 Å². The van der Waals surface area contributed by atoms with Gasteiger partial charge in [-0.2, -0.15) is 0 Å². The Balaban J connectivity index is 1.87. The number of hydrogen-bond acceptors (Lipinski definition) is 3. The zero-order valence-electron chi connectivity index (χ0n) is 14.0. The number of rotatable bonds is 4. The molecule has 0 unspecified atom stereocenters. The molecule has 2 rings (SSSR count). The lowest BCUT2D eigenvalue weighted by Gasteiger charge is -2.39. The van der Waals surface area contributed by atoms with Gasteiger partial charge in [-0.3, -0.25) is 0 Å². The molecule has 0 saturated carbocycles. The molecule has 1 aromatic rings. The molecule has 1 aliphatic heterocycles. The maximum Gasteiger partial charge on any atom is 0.173 e. The van der Waals surface area contributed by atoms with Crippen molar-refractivity contribution >= 4 is 23.0 Å². The average molecular weight is 321 g/mol. The third kappa shape index (κ3) is 4.34. The summed E-state index contributed by atoms with van der Waals surface area (Å²) in [6.45, 7) is 6.53. The second-order valence-electron chi connectivity index (χ2n) is 6.14. The van der Waals surface area contributed by atoms with Crippen LogP contribution in [-0.2, 0) is 0 Å². The van der Waals surface area contributed by atoms with Crippen LogP contribution in [0.5, 0.6) is 5.75 Å². The average Bonchev–Trinajstić information content (AvgIpc) is 2.54. The van der Waals surface area contributed by atoms with Crippen molar-refractivity contribution in [3.63, 3.8) is 0 Å². The minimum absolute atomic E-state index is 0.596. The van der Waals surface area contributed by atoms with E-state index >= 15 is 0 Å². The molecular formula is C17H27N3OS. The Bertz CT molecular complexity index is 498. The molecule has 1 fully saturated rings. The lowest BCUT2D eigenvalue weighted by Crippen LogP contribution is -2.48. The van der Waals surface area contributed by atoms with Crippen molar-refractivity contribution in [2.75, 3.05) is 32.6 Å². The van der Waals surface area contributed by atoms with E-state index in [1.807, 2.05) is 24.3 Å². The predicted molar refractivity (Wildman–Crippen MR) is 96.7 cm³/mol. The number of ether oxygens (including phenoxy) is 1. The minimum atomic E-state index is 0.596. The summed E-state index contributed by atoms with van der Waals surface area (Å²) in [6, 6.07) is 9.13. The third-order valence-electron chi connectivity index (χ3n) is 4.46. The number of anilines is 1. The Morgan fingerprint density at radius 2 is 2.05 bits per heavy atom. The maximum absolute atomic E-state index is 5.55. The van der Waals surface area contributed by atoms with Crippen LogP contribution in [-0.4, -0.2) is 54.2 Å². The molecule has 4 nitrogen and oxygen atoms in total. The van der Waals surface area contributed by atoms with Crippen LogP contribution < -0.4 is 10.1 Å². The van der Waals surface area contributed by atoms with Crippen LogP contribution >= 0.6 is 12.2 Å². The van der Waals surface area contributed by atoms with Gasteiger partial charge in [0.2, 0.25) is 0 Å². The van der Waals surface area contributed by atoms with Gasteiger partial charge in [-0.15, -0.1) is 0 Å². The smallest absolute Gasteiger partial charge is 0.173 e. The maximum atomic E-state index is 5.55. The van der Waals surface area contributed by atoms with Crippen LogP contribution in [0.15, 0.2) is 24.3 Å². The van der Waals surface area contributed by atoms with Crippen molar-refractivity contribution in [2.45, 2.75) is 38.8 Å². The molecule has 0 aliphatic carbocycles. The van der Waals surface area contributed by atoms with Crippen LogP contribution in [0.1, 0.15) is 26.7 Å². The monoisotopic (exact) mass is 321 g/mol. The van der Waals surface area contributed by atoms with Crippen molar-refractivity contribution in [3.05, 3.63) is 24.3 Å². The Labute approximate surface area is 139 Å². The van der Waals surface area contributed by atoms with E-state index in [1.165, 1.54) is 0 Å². The number of methoxy groups -OCH3 is 1. The summed E-state index contributed by atoms with van der Waals surface area (Å²) < 4.78 is 5.24. The molecule has 0 radical (unpaired) electrons. The summed E-state index contributed by atoms with van der Waals surface area (Å²) in [7, 11) is 3.89. The summed E-state index contributed by atoms with van der Waals surface area (Å²) >= 11 is 5.55. The first-order valence-corrected chi connectivity index (χ1v) is 8.34. The topological polar surface area (TPSA) is 27.7 Å². The molecule has 0 atom stereocenters. The van der Waals surface area contributed by atoms with Crippen LogP contribution in [0.25, 0.3) is 0 Å². The van der Waals surface area contributed by atoms with Crippen molar-refractivity contribution in [3.8, 4) is 5.75 Å². The van der Waals surface area contributed by atoms with E-state index in [0.29, 0.717) is 12.1 Å². The van der Waals surface area contributed by atoms with E-state index in [0.717, 1.165) is 42.5 Å². The van der Waals surface area contributed by atoms with Gasteiger partial charge < -0.3 is 19.9 Å². The quantitative estimate of drug-likeness (QED) is 0.860. The van der Waals surface area contributed by atoms with Crippen LogP contribution in [0.2, 0.25) is 0 Å². The van der Waals surface area contributed by atoms with Gasteiger partial charge in [-0.25, -0.2) is 0 Å². The van der Waals surface area contributed by atoms with Crippen LogP contribution in [0.3, 0.4) is 0 Å². The summed E-state index contributed by atoms with van der Waals surface area (Å²) in [6.07, 6.45) is 2.32. The SMILES string of the molecule is COc1cccc(NC(=S)N2CCC(N(C)C(C)C)CC2)c1. The second-order valence-corrected chi connectivity index (χ2v) is 6.53. The Morgan fingerprint density at radius 1 is 1.36 bits per heavy atom. The molecule has 0 aromatic heterocycles. The van der Waals surface area contributed by atoms with E-state index in [2.05, 4.69) is 36.0 Å². The summed E-state index contributed by atoms with van der Waals surface area (Å²) in [4.78, 5) is 4.73. The first kappa shape index (κ1) is 17.0. The highest BCUT2D eigenvalue weighted by Gasteiger charge is 2.24. The number of benzene rings is 1. The van der Waals surface area contributed by atoms with Gasteiger partial charge in [0.05, 0.1) is 7.11 Å². The lowest BCUT2D eigenvalue weighted by atomic mass is 10.0. The molecular weight excluding hydrogens is 294 g/mol. The Hall–Kier alpha value is -1.33. The first-order chi connectivity index (χ1) is 10.5. The molecule has 5 heteroatoms.